The molecule has 0 saturated carbocycles. The highest BCUT2D eigenvalue weighted by molar-refractivity contribution is 9.10. The first-order valence-corrected chi connectivity index (χ1v) is 9.42. The Kier molecular flexibility index (Phi) is 4.46. The van der Waals surface area contributed by atoms with Gasteiger partial charge in [-0.05, 0) is 29.3 Å². The van der Waals surface area contributed by atoms with Crippen LogP contribution >= 0.6 is 27.7 Å². The second-order valence-electron chi connectivity index (χ2n) is 5.49. The molecule has 6 heteroatoms. The quantitative estimate of drug-likeness (QED) is 0.367. The van der Waals surface area contributed by atoms with E-state index in [1.54, 1.807) is 17.8 Å². The number of fused-ring (bicyclic) bond motifs is 1. The minimum Gasteiger partial charge on any atom is -0.423 e. The molecule has 0 amide bonds. The van der Waals surface area contributed by atoms with Crippen LogP contribution in [0, 0.1) is 0 Å². The van der Waals surface area contributed by atoms with E-state index in [0.717, 1.165) is 31.8 Å². The summed E-state index contributed by atoms with van der Waals surface area (Å²) in [5.41, 5.74) is 3.25. The molecule has 2 aromatic heterocycles. The van der Waals surface area contributed by atoms with Gasteiger partial charge in [0, 0.05) is 21.7 Å². The zero-order valence-electron chi connectivity index (χ0n) is 13.0. The standard InChI is InChI=1S/C19H13BrN2O2S/c20-14-6-7-15-13(8-18(23)24-17(15)9-14)11-25-19-21-10-16(22-19)12-4-2-1-3-5-12/h1-10H,11H2,(H,21,22). The Hall–Kier alpha value is -2.31. The van der Waals surface area contributed by atoms with Crippen LogP contribution in [0.1, 0.15) is 5.56 Å². The third-order valence-corrected chi connectivity index (χ3v) is 5.22. The maximum atomic E-state index is 11.8. The Morgan fingerprint density at radius 1 is 1.12 bits per heavy atom. The average Bonchev–Trinajstić information content (AvgIpc) is 3.09. The minimum absolute atomic E-state index is 0.342. The first kappa shape index (κ1) is 16.2. The normalized spacial score (nSPS) is 11.1. The van der Waals surface area contributed by atoms with E-state index < -0.39 is 0 Å². The SMILES string of the molecule is O=c1cc(CSc2ncc(-c3ccccc3)[nH]2)c2ccc(Br)cc2o1. The third kappa shape index (κ3) is 3.55. The van der Waals surface area contributed by atoms with Gasteiger partial charge in [0.2, 0.25) is 0 Å². The maximum Gasteiger partial charge on any atom is 0.336 e. The van der Waals surface area contributed by atoms with Gasteiger partial charge in [0.05, 0.1) is 11.9 Å². The molecular formula is C19H13BrN2O2S. The second-order valence-corrected chi connectivity index (χ2v) is 7.37. The van der Waals surface area contributed by atoms with Gasteiger partial charge in [0.15, 0.2) is 5.16 Å². The van der Waals surface area contributed by atoms with E-state index in [-0.39, 0.29) is 5.63 Å². The molecule has 0 fully saturated rings. The summed E-state index contributed by atoms with van der Waals surface area (Å²) >= 11 is 4.96. The van der Waals surface area contributed by atoms with Crippen LogP contribution in [0.2, 0.25) is 0 Å². The van der Waals surface area contributed by atoms with Gasteiger partial charge in [-0.15, -0.1) is 0 Å². The zero-order valence-corrected chi connectivity index (χ0v) is 15.4. The number of thioether (sulfide) groups is 1. The van der Waals surface area contributed by atoms with Crippen molar-refractivity contribution in [1.29, 1.82) is 0 Å². The number of hydrogen-bond acceptors (Lipinski definition) is 4. The van der Waals surface area contributed by atoms with Gasteiger partial charge in [0.25, 0.3) is 0 Å². The Morgan fingerprint density at radius 2 is 1.96 bits per heavy atom. The molecule has 0 aliphatic heterocycles. The van der Waals surface area contributed by atoms with Crippen molar-refractivity contribution in [2.45, 2.75) is 10.9 Å². The summed E-state index contributed by atoms with van der Waals surface area (Å²) in [6.45, 7) is 0. The van der Waals surface area contributed by atoms with Crippen molar-refractivity contribution in [3.05, 3.63) is 81.3 Å². The highest BCUT2D eigenvalue weighted by atomic mass is 79.9. The lowest BCUT2D eigenvalue weighted by molar-refractivity contribution is 0.559. The van der Waals surface area contributed by atoms with Gasteiger partial charge in [-0.2, -0.15) is 0 Å². The number of aromatic amines is 1. The number of benzene rings is 2. The number of imidazole rings is 1. The van der Waals surface area contributed by atoms with Crippen LogP contribution in [0.15, 0.2) is 79.6 Å². The molecule has 4 aromatic rings. The van der Waals surface area contributed by atoms with Crippen LogP contribution in [0.25, 0.3) is 22.2 Å². The summed E-state index contributed by atoms with van der Waals surface area (Å²) in [4.78, 5) is 19.5. The predicted molar refractivity (Wildman–Crippen MR) is 104 cm³/mol. The third-order valence-electron chi connectivity index (χ3n) is 3.79. The summed E-state index contributed by atoms with van der Waals surface area (Å²) in [6, 6.07) is 17.3. The molecule has 124 valence electrons. The first-order chi connectivity index (χ1) is 12.2. The molecule has 4 nitrogen and oxygen atoms in total. The molecule has 25 heavy (non-hydrogen) atoms. The van der Waals surface area contributed by atoms with Gasteiger partial charge in [-0.3, -0.25) is 0 Å². The number of halogens is 1. The van der Waals surface area contributed by atoms with Gasteiger partial charge in [-0.25, -0.2) is 9.78 Å². The van der Waals surface area contributed by atoms with Crippen molar-refractivity contribution < 1.29 is 4.42 Å². The van der Waals surface area contributed by atoms with Crippen molar-refractivity contribution in [1.82, 2.24) is 9.97 Å². The van der Waals surface area contributed by atoms with Crippen molar-refractivity contribution in [2.75, 3.05) is 0 Å². The van der Waals surface area contributed by atoms with Gasteiger partial charge < -0.3 is 9.40 Å². The van der Waals surface area contributed by atoms with E-state index in [2.05, 4.69) is 25.9 Å². The monoisotopic (exact) mass is 412 g/mol. The van der Waals surface area contributed by atoms with Gasteiger partial charge in [0.1, 0.15) is 5.58 Å². The van der Waals surface area contributed by atoms with E-state index in [9.17, 15) is 4.79 Å². The fourth-order valence-corrected chi connectivity index (χ4v) is 3.79. The molecule has 0 unspecified atom stereocenters. The number of aromatic nitrogens is 2. The van der Waals surface area contributed by atoms with E-state index in [1.165, 1.54) is 0 Å². The van der Waals surface area contributed by atoms with Gasteiger partial charge >= 0.3 is 5.63 Å². The molecule has 0 saturated heterocycles. The van der Waals surface area contributed by atoms with Crippen molar-refractivity contribution in [2.24, 2.45) is 0 Å². The summed E-state index contributed by atoms with van der Waals surface area (Å²) in [5.74, 6) is 0.630. The van der Waals surface area contributed by atoms with Crippen molar-refractivity contribution in [3.8, 4) is 11.3 Å². The van der Waals surface area contributed by atoms with E-state index in [0.29, 0.717) is 11.3 Å². The fraction of sp³-hybridized carbons (Fsp3) is 0.0526. The molecule has 0 atom stereocenters. The number of H-pyrrole nitrogens is 1. The summed E-state index contributed by atoms with van der Waals surface area (Å²) < 4.78 is 6.16. The Labute approximate surface area is 156 Å². The van der Waals surface area contributed by atoms with Gasteiger partial charge in [-0.1, -0.05) is 58.0 Å². The van der Waals surface area contributed by atoms with Crippen LogP contribution in [0.5, 0.6) is 0 Å². The Bertz CT molecular complexity index is 1090. The number of hydrogen-bond donors (Lipinski definition) is 1. The smallest absolute Gasteiger partial charge is 0.336 e. The molecule has 0 spiro atoms. The topological polar surface area (TPSA) is 58.9 Å². The summed E-state index contributed by atoms with van der Waals surface area (Å²) in [6.07, 6.45) is 1.83. The molecule has 0 radical (unpaired) electrons. The van der Waals surface area contributed by atoms with E-state index >= 15 is 0 Å². The number of rotatable bonds is 4. The predicted octanol–water partition coefficient (Wildman–Crippen LogP) is 5.24. The molecule has 0 aliphatic carbocycles. The van der Waals surface area contributed by atoms with E-state index in [1.807, 2.05) is 54.7 Å². The fourth-order valence-electron chi connectivity index (χ4n) is 2.61. The lowest BCUT2D eigenvalue weighted by atomic mass is 10.1. The lowest BCUT2D eigenvalue weighted by Crippen LogP contribution is -1.99. The second kappa shape index (κ2) is 6.90. The summed E-state index contributed by atoms with van der Waals surface area (Å²) in [7, 11) is 0. The van der Waals surface area contributed by atoms with Crippen LogP contribution < -0.4 is 5.63 Å². The zero-order chi connectivity index (χ0) is 17.2. The van der Waals surface area contributed by atoms with Crippen molar-refractivity contribution in [3.63, 3.8) is 0 Å². The molecule has 4 rings (SSSR count). The van der Waals surface area contributed by atoms with E-state index in [4.69, 9.17) is 4.42 Å². The molecule has 2 aromatic carbocycles. The van der Waals surface area contributed by atoms with Crippen LogP contribution in [0.4, 0.5) is 0 Å². The van der Waals surface area contributed by atoms with Crippen LogP contribution in [-0.4, -0.2) is 9.97 Å². The Balaban J connectivity index is 1.59. The number of nitrogens with zero attached hydrogens (tertiary/aromatic N) is 1. The largest absolute Gasteiger partial charge is 0.423 e. The summed E-state index contributed by atoms with van der Waals surface area (Å²) in [5, 5.41) is 1.75. The highest BCUT2D eigenvalue weighted by Gasteiger charge is 2.09. The molecule has 0 aliphatic rings. The average molecular weight is 413 g/mol. The molecule has 2 heterocycles. The maximum absolute atomic E-state index is 11.8. The van der Waals surface area contributed by atoms with Crippen LogP contribution in [-0.2, 0) is 5.75 Å². The van der Waals surface area contributed by atoms with Crippen LogP contribution in [0.3, 0.4) is 0 Å². The minimum atomic E-state index is -0.342. The number of nitrogens with one attached hydrogen (secondary N) is 1. The lowest BCUT2D eigenvalue weighted by Gasteiger charge is -2.04. The Morgan fingerprint density at radius 3 is 2.80 bits per heavy atom. The van der Waals surface area contributed by atoms with Crippen molar-refractivity contribution >= 4 is 38.7 Å². The highest BCUT2D eigenvalue weighted by Crippen LogP contribution is 2.28. The molecule has 0 bridgehead atoms. The first-order valence-electron chi connectivity index (χ1n) is 7.64. The molecule has 1 N–H and O–H groups in total. The molecular weight excluding hydrogens is 400 g/mol.